The van der Waals surface area contributed by atoms with Crippen LogP contribution in [0.25, 0.3) is 4.96 Å². The number of hydrogen-bond donors (Lipinski definition) is 1. The van der Waals surface area contributed by atoms with E-state index in [1.54, 1.807) is 11.3 Å². The summed E-state index contributed by atoms with van der Waals surface area (Å²) in [6.07, 6.45) is 6.20. The number of nitrogens with zero attached hydrogens (tertiary/aromatic N) is 2. The zero-order chi connectivity index (χ0) is 13.4. The molecular weight excluding hydrogens is 254 g/mol. The molecule has 2 heterocycles. The lowest BCUT2D eigenvalue weighted by atomic mass is 9.78. The molecule has 0 saturated heterocycles. The summed E-state index contributed by atoms with van der Waals surface area (Å²) >= 11 is 1.71. The third kappa shape index (κ3) is 2.43. The highest BCUT2D eigenvalue weighted by Crippen LogP contribution is 2.29. The smallest absolute Gasteiger partial charge is 0.194 e. The fourth-order valence-electron chi connectivity index (χ4n) is 3.25. The second-order valence-electron chi connectivity index (χ2n) is 5.95. The minimum absolute atomic E-state index is 0.660. The average Bonchev–Trinajstić information content (AvgIpc) is 2.93. The van der Waals surface area contributed by atoms with Crippen LogP contribution in [0, 0.1) is 18.8 Å². The summed E-state index contributed by atoms with van der Waals surface area (Å²) in [6.45, 7) is 7.83. The van der Waals surface area contributed by atoms with Crippen LogP contribution in [0.2, 0.25) is 0 Å². The van der Waals surface area contributed by atoms with E-state index >= 15 is 0 Å². The van der Waals surface area contributed by atoms with Crippen molar-refractivity contribution < 1.29 is 0 Å². The third-order valence-electron chi connectivity index (χ3n) is 4.80. The fourth-order valence-corrected chi connectivity index (χ4v) is 4.03. The summed E-state index contributed by atoms with van der Waals surface area (Å²) in [5, 5.41) is 5.88. The van der Waals surface area contributed by atoms with E-state index in [0.29, 0.717) is 6.04 Å². The minimum atomic E-state index is 0.660. The Labute approximate surface area is 119 Å². The summed E-state index contributed by atoms with van der Waals surface area (Å²) in [6, 6.07) is 0.660. The van der Waals surface area contributed by atoms with Crippen molar-refractivity contribution in [3.8, 4) is 0 Å². The van der Waals surface area contributed by atoms with E-state index in [-0.39, 0.29) is 0 Å². The molecule has 0 aromatic carbocycles. The molecule has 3 nitrogen and oxygen atoms in total. The molecule has 3 unspecified atom stereocenters. The van der Waals surface area contributed by atoms with Gasteiger partial charge in [0, 0.05) is 24.2 Å². The van der Waals surface area contributed by atoms with Crippen LogP contribution in [0.1, 0.15) is 44.5 Å². The highest BCUT2D eigenvalue weighted by molar-refractivity contribution is 7.15. The first-order chi connectivity index (χ1) is 9.16. The molecule has 0 aliphatic heterocycles. The van der Waals surface area contributed by atoms with Gasteiger partial charge in [-0.2, -0.15) is 0 Å². The monoisotopic (exact) mass is 277 g/mol. The molecule has 3 rings (SSSR count). The Bertz CT molecular complexity index is 557. The lowest BCUT2D eigenvalue weighted by Gasteiger charge is -2.34. The lowest BCUT2D eigenvalue weighted by molar-refractivity contribution is 0.205. The van der Waals surface area contributed by atoms with Crippen LogP contribution < -0.4 is 5.32 Å². The van der Waals surface area contributed by atoms with Crippen molar-refractivity contribution in [2.24, 2.45) is 11.8 Å². The van der Waals surface area contributed by atoms with E-state index in [0.717, 1.165) is 29.0 Å². The molecule has 3 atom stereocenters. The second-order valence-corrected chi connectivity index (χ2v) is 6.83. The van der Waals surface area contributed by atoms with Crippen LogP contribution in [-0.4, -0.2) is 15.4 Å². The molecule has 2 aromatic rings. The number of aromatic nitrogens is 2. The molecule has 1 aliphatic rings. The van der Waals surface area contributed by atoms with Crippen LogP contribution in [0.5, 0.6) is 0 Å². The summed E-state index contributed by atoms with van der Waals surface area (Å²) in [4.78, 5) is 5.72. The lowest BCUT2D eigenvalue weighted by Crippen LogP contribution is -2.40. The Balaban J connectivity index is 1.71. The Morgan fingerprint density at radius 3 is 3.11 bits per heavy atom. The number of hydrogen-bond acceptors (Lipinski definition) is 3. The number of thiazole rings is 1. The van der Waals surface area contributed by atoms with Crippen LogP contribution in [-0.2, 0) is 6.54 Å². The summed E-state index contributed by atoms with van der Waals surface area (Å²) in [5.74, 6) is 1.62. The maximum atomic E-state index is 4.61. The molecule has 0 spiro atoms. The molecule has 1 fully saturated rings. The summed E-state index contributed by atoms with van der Waals surface area (Å²) in [5.41, 5.74) is 2.48. The number of nitrogens with one attached hydrogen (secondary N) is 1. The third-order valence-corrected chi connectivity index (χ3v) is 5.56. The zero-order valence-corrected chi connectivity index (χ0v) is 12.8. The van der Waals surface area contributed by atoms with Crippen molar-refractivity contribution in [3.63, 3.8) is 0 Å². The van der Waals surface area contributed by atoms with Gasteiger partial charge in [0.1, 0.15) is 0 Å². The molecule has 1 saturated carbocycles. The van der Waals surface area contributed by atoms with E-state index in [4.69, 9.17) is 0 Å². The number of fused-ring (bicyclic) bond motifs is 1. The summed E-state index contributed by atoms with van der Waals surface area (Å²) < 4.78 is 2.23. The van der Waals surface area contributed by atoms with E-state index < -0.39 is 0 Å². The van der Waals surface area contributed by atoms with Gasteiger partial charge in [0.15, 0.2) is 4.96 Å². The number of imidazole rings is 1. The molecule has 2 aromatic heterocycles. The zero-order valence-electron chi connectivity index (χ0n) is 12.0. The summed E-state index contributed by atoms with van der Waals surface area (Å²) in [7, 11) is 0. The molecule has 104 valence electrons. The van der Waals surface area contributed by atoms with Crippen LogP contribution in [0.4, 0.5) is 0 Å². The Kier molecular flexibility index (Phi) is 3.63. The van der Waals surface area contributed by atoms with Gasteiger partial charge in [-0.1, -0.05) is 26.7 Å². The molecule has 0 amide bonds. The predicted molar refractivity (Wildman–Crippen MR) is 80.6 cm³/mol. The van der Waals surface area contributed by atoms with Gasteiger partial charge in [-0.05, 0) is 25.2 Å². The van der Waals surface area contributed by atoms with E-state index in [1.807, 2.05) is 0 Å². The van der Waals surface area contributed by atoms with Gasteiger partial charge in [0.2, 0.25) is 0 Å². The molecule has 0 radical (unpaired) electrons. The van der Waals surface area contributed by atoms with Crippen molar-refractivity contribution in [2.75, 3.05) is 0 Å². The normalized spacial score (nSPS) is 28.1. The molecule has 1 aliphatic carbocycles. The maximum absolute atomic E-state index is 4.61. The van der Waals surface area contributed by atoms with Gasteiger partial charge in [-0.3, -0.25) is 4.40 Å². The Morgan fingerprint density at radius 2 is 2.26 bits per heavy atom. The van der Waals surface area contributed by atoms with Crippen molar-refractivity contribution in [1.82, 2.24) is 14.7 Å². The Morgan fingerprint density at radius 1 is 1.42 bits per heavy atom. The van der Waals surface area contributed by atoms with Crippen LogP contribution >= 0.6 is 11.3 Å². The van der Waals surface area contributed by atoms with Crippen molar-refractivity contribution >= 4 is 16.3 Å². The van der Waals surface area contributed by atoms with Gasteiger partial charge in [0.25, 0.3) is 0 Å². The first-order valence-corrected chi connectivity index (χ1v) is 8.19. The molecule has 19 heavy (non-hydrogen) atoms. The number of aryl methyl sites for hydroxylation is 1. The van der Waals surface area contributed by atoms with E-state index in [2.05, 4.69) is 47.0 Å². The first-order valence-electron chi connectivity index (χ1n) is 7.31. The molecule has 1 N–H and O–H groups in total. The van der Waals surface area contributed by atoms with Gasteiger partial charge in [-0.15, -0.1) is 11.3 Å². The van der Waals surface area contributed by atoms with E-state index in [1.165, 1.54) is 25.0 Å². The topological polar surface area (TPSA) is 29.3 Å². The van der Waals surface area contributed by atoms with Gasteiger partial charge in [-0.25, -0.2) is 4.98 Å². The molecular formula is C15H23N3S. The van der Waals surface area contributed by atoms with Gasteiger partial charge < -0.3 is 5.32 Å². The molecule has 4 heteroatoms. The van der Waals surface area contributed by atoms with E-state index in [9.17, 15) is 0 Å². The average molecular weight is 277 g/mol. The predicted octanol–water partition coefficient (Wildman–Crippen LogP) is 3.62. The highest BCUT2D eigenvalue weighted by Gasteiger charge is 2.26. The van der Waals surface area contributed by atoms with Crippen molar-refractivity contribution in [2.45, 2.75) is 52.6 Å². The van der Waals surface area contributed by atoms with Gasteiger partial charge >= 0.3 is 0 Å². The first kappa shape index (κ1) is 13.1. The van der Waals surface area contributed by atoms with Crippen LogP contribution in [0.15, 0.2) is 11.6 Å². The largest absolute Gasteiger partial charge is 0.308 e. The Hall–Kier alpha value is -0.870. The molecule has 0 bridgehead atoms. The quantitative estimate of drug-likeness (QED) is 0.928. The standard InChI is InChI=1S/C15H23N3S/c1-10-5-4-6-13(11(10)2)16-9-14-12(3)17-15-18(14)7-8-19-15/h7-8,10-11,13,16H,4-6,9H2,1-3H3. The maximum Gasteiger partial charge on any atom is 0.194 e. The minimum Gasteiger partial charge on any atom is -0.308 e. The SMILES string of the molecule is Cc1nc2sccn2c1CNC1CCCC(C)C1C. The second kappa shape index (κ2) is 5.25. The number of rotatable bonds is 3. The van der Waals surface area contributed by atoms with Crippen LogP contribution in [0.3, 0.4) is 0 Å². The van der Waals surface area contributed by atoms with Crippen molar-refractivity contribution in [1.29, 1.82) is 0 Å². The van der Waals surface area contributed by atoms with Crippen molar-refractivity contribution in [3.05, 3.63) is 23.0 Å². The van der Waals surface area contributed by atoms with Gasteiger partial charge in [0.05, 0.1) is 11.4 Å². The fraction of sp³-hybridized carbons (Fsp3) is 0.667. The highest BCUT2D eigenvalue weighted by atomic mass is 32.1.